The number of thioether (sulfide) groups is 1. The van der Waals surface area contributed by atoms with E-state index in [0.29, 0.717) is 11.7 Å². The van der Waals surface area contributed by atoms with E-state index in [4.69, 9.17) is 4.98 Å². The van der Waals surface area contributed by atoms with Crippen molar-refractivity contribution in [2.75, 3.05) is 5.32 Å². The summed E-state index contributed by atoms with van der Waals surface area (Å²) >= 11 is 1.49. The van der Waals surface area contributed by atoms with Crippen LogP contribution >= 0.6 is 11.8 Å². The fourth-order valence-corrected chi connectivity index (χ4v) is 5.28. The lowest BCUT2D eigenvalue weighted by Crippen LogP contribution is -2.20. The number of carbonyl (C=O) groups excluding carboxylic acids is 1. The van der Waals surface area contributed by atoms with Crippen LogP contribution in [0.2, 0.25) is 0 Å². The molecule has 0 spiro atoms. The van der Waals surface area contributed by atoms with E-state index in [2.05, 4.69) is 16.8 Å². The fourth-order valence-electron chi connectivity index (χ4n) is 4.02. The maximum absolute atomic E-state index is 13.3. The van der Waals surface area contributed by atoms with Gasteiger partial charge in [0.1, 0.15) is 11.1 Å². The van der Waals surface area contributed by atoms with Crippen molar-refractivity contribution in [1.82, 2.24) is 9.55 Å². The van der Waals surface area contributed by atoms with Crippen LogP contribution in [0.15, 0.2) is 59.8 Å². The molecule has 0 bridgehead atoms. The van der Waals surface area contributed by atoms with Crippen LogP contribution in [-0.2, 0) is 4.79 Å². The van der Waals surface area contributed by atoms with Gasteiger partial charge in [0, 0.05) is 17.4 Å². The van der Waals surface area contributed by atoms with Crippen molar-refractivity contribution in [3.8, 4) is 0 Å². The van der Waals surface area contributed by atoms with E-state index in [-0.39, 0.29) is 11.7 Å². The zero-order valence-corrected chi connectivity index (χ0v) is 18.1. The first-order valence-corrected chi connectivity index (χ1v) is 11.2. The lowest BCUT2D eigenvalue weighted by molar-refractivity contribution is -0.115. The van der Waals surface area contributed by atoms with Crippen molar-refractivity contribution in [2.24, 2.45) is 0 Å². The molecule has 156 valence electrons. The summed E-state index contributed by atoms with van der Waals surface area (Å²) in [6.45, 7) is 4.14. The van der Waals surface area contributed by atoms with Crippen LogP contribution in [0.4, 0.5) is 10.1 Å². The molecule has 1 atom stereocenters. The van der Waals surface area contributed by atoms with Gasteiger partial charge in [-0.05, 0) is 56.5 Å². The van der Waals surface area contributed by atoms with E-state index in [1.165, 1.54) is 42.4 Å². The molecule has 3 aromatic rings. The number of nitrogens with zero attached hydrogens (tertiary/aromatic N) is 2. The van der Waals surface area contributed by atoms with E-state index >= 15 is 0 Å². The molecule has 1 aliphatic rings. The number of aromatic nitrogens is 2. The molecular formula is C24H26FN3OS. The average molecular weight is 424 g/mol. The monoisotopic (exact) mass is 423 g/mol. The van der Waals surface area contributed by atoms with Crippen molar-refractivity contribution in [3.63, 3.8) is 0 Å². The highest BCUT2D eigenvalue weighted by Crippen LogP contribution is 2.41. The highest BCUT2D eigenvalue weighted by Gasteiger charge is 2.28. The maximum atomic E-state index is 13.3. The van der Waals surface area contributed by atoms with Gasteiger partial charge in [-0.2, -0.15) is 0 Å². The Morgan fingerprint density at radius 2 is 1.77 bits per heavy atom. The molecule has 1 aliphatic carbocycles. The number of nitrogens with one attached hydrogen (secondary N) is 1. The standard InChI is InChI=1S/C24H26FN3OS/c1-16-17(2)28(21-10-6-7-11-21)24(26-16)30-22(18-8-4-3-5-9-18)23(29)27-20-14-12-19(25)13-15-20/h3-5,8-9,12-15,21-22H,6-7,10-11H2,1-2H3,(H,27,29)/t22-/m1/s1. The smallest absolute Gasteiger partial charge is 0.242 e. The fraction of sp³-hybridized carbons (Fsp3) is 0.333. The highest BCUT2D eigenvalue weighted by atomic mass is 32.2. The molecule has 1 N–H and O–H groups in total. The molecule has 1 saturated carbocycles. The largest absolute Gasteiger partial charge is 0.325 e. The number of rotatable bonds is 6. The number of hydrogen-bond acceptors (Lipinski definition) is 3. The summed E-state index contributed by atoms with van der Waals surface area (Å²) in [5.41, 5.74) is 3.68. The average Bonchev–Trinajstić information content (AvgIpc) is 3.36. The molecule has 0 saturated heterocycles. The summed E-state index contributed by atoms with van der Waals surface area (Å²) in [6.07, 6.45) is 4.78. The summed E-state index contributed by atoms with van der Waals surface area (Å²) < 4.78 is 15.6. The zero-order valence-electron chi connectivity index (χ0n) is 17.3. The van der Waals surface area contributed by atoms with E-state index in [1.54, 1.807) is 12.1 Å². The number of aryl methyl sites for hydroxylation is 1. The number of hydrogen-bond donors (Lipinski definition) is 1. The second-order valence-electron chi connectivity index (χ2n) is 7.78. The molecule has 1 fully saturated rings. The third-order valence-corrected chi connectivity index (χ3v) is 6.94. The minimum atomic E-state index is -0.461. The van der Waals surface area contributed by atoms with Gasteiger partial charge in [-0.25, -0.2) is 9.37 Å². The molecule has 0 radical (unpaired) electrons. The summed E-state index contributed by atoms with van der Waals surface area (Å²) in [7, 11) is 0. The van der Waals surface area contributed by atoms with Gasteiger partial charge in [0.25, 0.3) is 0 Å². The van der Waals surface area contributed by atoms with Crippen LogP contribution in [0.3, 0.4) is 0 Å². The number of benzene rings is 2. The minimum absolute atomic E-state index is 0.144. The van der Waals surface area contributed by atoms with Crippen LogP contribution in [-0.4, -0.2) is 15.5 Å². The Morgan fingerprint density at radius 1 is 1.10 bits per heavy atom. The molecule has 0 aliphatic heterocycles. The van der Waals surface area contributed by atoms with Gasteiger partial charge in [-0.1, -0.05) is 54.9 Å². The molecule has 4 nitrogen and oxygen atoms in total. The maximum Gasteiger partial charge on any atom is 0.242 e. The summed E-state index contributed by atoms with van der Waals surface area (Å²) in [5, 5.41) is 3.36. The normalized spacial score (nSPS) is 15.3. The molecule has 4 rings (SSSR count). The number of imidazole rings is 1. The van der Waals surface area contributed by atoms with Crippen molar-refractivity contribution in [2.45, 2.75) is 56.0 Å². The summed E-state index contributed by atoms with van der Waals surface area (Å²) in [6, 6.07) is 16.0. The van der Waals surface area contributed by atoms with Crippen molar-refractivity contribution in [1.29, 1.82) is 0 Å². The predicted molar refractivity (Wildman–Crippen MR) is 119 cm³/mol. The van der Waals surface area contributed by atoms with Crippen LogP contribution in [0.1, 0.15) is 53.9 Å². The van der Waals surface area contributed by atoms with E-state index in [1.807, 2.05) is 37.3 Å². The topological polar surface area (TPSA) is 46.9 Å². The van der Waals surface area contributed by atoms with Crippen LogP contribution in [0.25, 0.3) is 0 Å². The Balaban J connectivity index is 1.65. The quantitative estimate of drug-likeness (QED) is 0.478. The van der Waals surface area contributed by atoms with Gasteiger partial charge >= 0.3 is 0 Å². The van der Waals surface area contributed by atoms with Crippen LogP contribution in [0, 0.1) is 19.7 Å². The van der Waals surface area contributed by atoms with Crippen molar-refractivity contribution < 1.29 is 9.18 Å². The second-order valence-corrected chi connectivity index (χ2v) is 8.85. The van der Waals surface area contributed by atoms with Gasteiger partial charge in [-0.3, -0.25) is 4.79 Å². The lowest BCUT2D eigenvalue weighted by atomic mass is 10.1. The number of anilines is 1. The molecule has 1 amide bonds. The van der Waals surface area contributed by atoms with Gasteiger partial charge in [-0.15, -0.1) is 0 Å². The number of amides is 1. The van der Waals surface area contributed by atoms with Gasteiger partial charge in [0.05, 0.1) is 5.69 Å². The molecular weight excluding hydrogens is 397 g/mol. The Morgan fingerprint density at radius 3 is 2.43 bits per heavy atom. The Bertz CT molecular complexity index is 1010. The molecule has 2 aromatic carbocycles. The molecule has 1 aromatic heterocycles. The third kappa shape index (κ3) is 4.43. The van der Waals surface area contributed by atoms with Crippen molar-refractivity contribution >= 4 is 23.4 Å². The third-order valence-electron chi connectivity index (χ3n) is 5.72. The number of halogens is 1. The first-order valence-electron chi connectivity index (χ1n) is 10.4. The van der Waals surface area contributed by atoms with Gasteiger partial charge in [0.2, 0.25) is 5.91 Å². The second kappa shape index (κ2) is 9.04. The summed E-state index contributed by atoms with van der Waals surface area (Å²) in [4.78, 5) is 18.1. The molecule has 30 heavy (non-hydrogen) atoms. The molecule has 0 unspecified atom stereocenters. The van der Waals surface area contributed by atoms with Crippen molar-refractivity contribution in [3.05, 3.63) is 77.4 Å². The Hall–Kier alpha value is -2.60. The summed E-state index contributed by atoms with van der Waals surface area (Å²) in [5.74, 6) is -0.472. The van der Waals surface area contributed by atoms with Gasteiger partial charge in [0.15, 0.2) is 5.16 Å². The SMILES string of the molecule is Cc1nc(S[C@@H](C(=O)Nc2ccc(F)cc2)c2ccccc2)n(C2CCCC2)c1C. The Labute approximate surface area is 180 Å². The number of carbonyl (C=O) groups is 1. The molecule has 6 heteroatoms. The van der Waals surface area contributed by atoms with E-state index in [9.17, 15) is 9.18 Å². The lowest BCUT2D eigenvalue weighted by Gasteiger charge is -2.21. The first kappa shape index (κ1) is 20.7. The van der Waals surface area contributed by atoms with E-state index in [0.717, 1.165) is 29.3 Å². The first-order chi connectivity index (χ1) is 14.5. The minimum Gasteiger partial charge on any atom is -0.325 e. The van der Waals surface area contributed by atoms with E-state index < -0.39 is 5.25 Å². The zero-order chi connectivity index (χ0) is 21.1. The van der Waals surface area contributed by atoms with Crippen LogP contribution in [0.5, 0.6) is 0 Å². The van der Waals surface area contributed by atoms with Crippen LogP contribution < -0.4 is 5.32 Å². The predicted octanol–water partition coefficient (Wildman–Crippen LogP) is 6.23. The Kier molecular flexibility index (Phi) is 6.23. The highest BCUT2D eigenvalue weighted by molar-refractivity contribution is 8.00. The molecule has 1 heterocycles. The van der Waals surface area contributed by atoms with Gasteiger partial charge < -0.3 is 9.88 Å².